The molecule has 121 valence electrons. The number of carbonyl (C=O) groups excluding carboxylic acids is 1. The van der Waals surface area contributed by atoms with Crippen molar-refractivity contribution in [2.45, 2.75) is 26.2 Å². The number of rotatable bonds is 3. The quantitative estimate of drug-likeness (QED) is 0.919. The van der Waals surface area contributed by atoms with Crippen LogP contribution in [0.5, 0.6) is 0 Å². The van der Waals surface area contributed by atoms with Crippen molar-refractivity contribution in [3.8, 4) is 0 Å². The lowest BCUT2D eigenvalue weighted by atomic mass is 9.88. The van der Waals surface area contributed by atoms with Crippen molar-refractivity contribution < 1.29 is 4.79 Å². The van der Waals surface area contributed by atoms with E-state index in [-0.39, 0.29) is 11.3 Å². The fraction of sp³-hybridized carbons (Fsp3) is 0.333. The first kappa shape index (κ1) is 17.3. The molecule has 1 radical (unpaired) electrons. The van der Waals surface area contributed by atoms with Gasteiger partial charge in [0.15, 0.2) is 0 Å². The van der Waals surface area contributed by atoms with Crippen molar-refractivity contribution in [2.75, 3.05) is 24.3 Å². The second kappa shape index (κ2) is 6.59. The Morgan fingerprint density at radius 1 is 1.26 bits per heavy atom. The maximum atomic E-state index is 12.6. The molecule has 0 atom stereocenters. The SMILES string of the molecule is CN(C)c1cc(Cl)ccc1C(=O)Nc1cn[c]c(C(C)(C)C)c1. The summed E-state index contributed by atoms with van der Waals surface area (Å²) in [5, 5.41) is 3.49. The molecular formula is C18H21ClN3O. The van der Waals surface area contributed by atoms with Crippen LogP contribution in [0.15, 0.2) is 30.5 Å². The van der Waals surface area contributed by atoms with Crippen molar-refractivity contribution >= 4 is 28.9 Å². The molecule has 1 N–H and O–H groups in total. The Hall–Kier alpha value is -2.07. The first-order valence-corrected chi connectivity index (χ1v) is 7.72. The molecule has 0 spiro atoms. The smallest absolute Gasteiger partial charge is 0.257 e. The summed E-state index contributed by atoms with van der Waals surface area (Å²) >= 11 is 6.02. The van der Waals surface area contributed by atoms with Gasteiger partial charge in [0.25, 0.3) is 5.91 Å². The van der Waals surface area contributed by atoms with E-state index in [0.717, 1.165) is 11.3 Å². The fourth-order valence-electron chi connectivity index (χ4n) is 2.11. The highest BCUT2D eigenvalue weighted by molar-refractivity contribution is 6.31. The van der Waals surface area contributed by atoms with Crippen LogP contribution in [0.3, 0.4) is 0 Å². The third kappa shape index (κ3) is 4.23. The molecule has 1 aromatic heterocycles. The summed E-state index contributed by atoms with van der Waals surface area (Å²) in [4.78, 5) is 18.6. The zero-order chi connectivity index (χ0) is 17.2. The Bertz CT molecular complexity index is 720. The number of pyridine rings is 1. The standard InChI is InChI=1S/C18H21ClN3O/c1-18(2,3)12-8-14(11-20-10-12)21-17(23)15-7-6-13(19)9-16(15)22(4)5/h6-9,11H,1-5H3,(H,21,23). The molecule has 1 amide bonds. The van der Waals surface area contributed by atoms with E-state index in [4.69, 9.17) is 11.6 Å². The van der Waals surface area contributed by atoms with Gasteiger partial charge >= 0.3 is 0 Å². The first-order valence-electron chi connectivity index (χ1n) is 7.35. The van der Waals surface area contributed by atoms with Gasteiger partial charge in [-0.05, 0) is 35.2 Å². The molecule has 1 aromatic carbocycles. The minimum Gasteiger partial charge on any atom is -0.377 e. The summed E-state index contributed by atoms with van der Waals surface area (Å²) in [6, 6.07) is 7.10. The summed E-state index contributed by atoms with van der Waals surface area (Å²) in [6.07, 6.45) is 4.57. The van der Waals surface area contributed by atoms with Gasteiger partial charge in [0, 0.05) is 19.1 Å². The van der Waals surface area contributed by atoms with Gasteiger partial charge in [-0.1, -0.05) is 32.4 Å². The second-order valence-electron chi connectivity index (χ2n) is 6.64. The van der Waals surface area contributed by atoms with E-state index < -0.39 is 0 Å². The third-order valence-electron chi connectivity index (χ3n) is 3.44. The average molecular weight is 331 g/mol. The maximum Gasteiger partial charge on any atom is 0.257 e. The van der Waals surface area contributed by atoms with E-state index in [1.54, 1.807) is 24.4 Å². The molecule has 0 bridgehead atoms. The number of hydrogen-bond acceptors (Lipinski definition) is 3. The van der Waals surface area contributed by atoms with Crippen LogP contribution in [0, 0.1) is 6.20 Å². The van der Waals surface area contributed by atoms with Crippen LogP contribution in [-0.4, -0.2) is 25.0 Å². The van der Waals surface area contributed by atoms with Crippen LogP contribution in [0.1, 0.15) is 36.7 Å². The second-order valence-corrected chi connectivity index (χ2v) is 7.08. The summed E-state index contributed by atoms with van der Waals surface area (Å²) in [6.45, 7) is 6.24. The highest BCUT2D eigenvalue weighted by atomic mass is 35.5. The number of hydrogen-bond donors (Lipinski definition) is 1. The lowest BCUT2D eigenvalue weighted by Crippen LogP contribution is -2.19. The predicted molar refractivity (Wildman–Crippen MR) is 95.5 cm³/mol. The van der Waals surface area contributed by atoms with Gasteiger partial charge in [0.2, 0.25) is 0 Å². The van der Waals surface area contributed by atoms with E-state index in [9.17, 15) is 4.79 Å². The molecule has 5 heteroatoms. The van der Waals surface area contributed by atoms with Gasteiger partial charge in [0.05, 0.1) is 29.3 Å². The molecule has 23 heavy (non-hydrogen) atoms. The van der Waals surface area contributed by atoms with Crippen LogP contribution in [0.25, 0.3) is 0 Å². The largest absolute Gasteiger partial charge is 0.377 e. The summed E-state index contributed by atoms with van der Waals surface area (Å²) in [5.41, 5.74) is 2.84. The number of halogens is 1. The van der Waals surface area contributed by atoms with Crippen LogP contribution >= 0.6 is 11.6 Å². The first-order chi connectivity index (χ1) is 10.7. The van der Waals surface area contributed by atoms with Crippen molar-refractivity contribution in [1.82, 2.24) is 4.98 Å². The summed E-state index contributed by atoms with van der Waals surface area (Å²) in [7, 11) is 3.75. The number of amides is 1. The molecule has 4 nitrogen and oxygen atoms in total. The molecule has 0 saturated carbocycles. The molecule has 2 rings (SSSR count). The Morgan fingerprint density at radius 2 is 1.96 bits per heavy atom. The minimum atomic E-state index is -0.196. The molecule has 1 heterocycles. The van der Waals surface area contributed by atoms with Crippen LogP contribution in [-0.2, 0) is 5.41 Å². The van der Waals surface area contributed by atoms with Crippen molar-refractivity contribution in [1.29, 1.82) is 0 Å². The summed E-state index contributed by atoms with van der Waals surface area (Å²) in [5.74, 6) is -0.196. The van der Waals surface area contributed by atoms with Crippen molar-refractivity contribution in [3.63, 3.8) is 0 Å². The lowest BCUT2D eigenvalue weighted by Gasteiger charge is -2.20. The van der Waals surface area contributed by atoms with Gasteiger partial charge < -0.3 is 10.2 Å². The van der Waals surface area contributed by atoms with Gasteiger partial charge in [0.1, 0.15) is 0 Å². The predicted octanol–water partition coefficient (Wildman–Crippen LogP) is 4.15. The normalized spacial score (nSPS) is 11.2. The molecule has 0 aliphatic rings. The number of nitrogens with zero attached hydrogens (tertiary/aromatic N) is 2. The van der Waals surface area contributed by atoms with E-state index in [2.05, 4.69) is 37.3 Å². The number of benzene rings is 1. The Labute approximate surface area is 142 Å². The highest BCUT2D eigenvalue weighted by Crippen LogP contribution is 2.26. The molecule has 0 saturated heterocycles. The van der Waals surface area contributed by atoms with Crippen LogP contribution in [0.4, 0.5) is 11.4 Å². The van der Waals surface area contributed by atoms with Gasteiger partial charge in [-0.3, -0.25) is 9.78 Å². The van der Waals surface area contributed by atoms with Crippen LogP contribution in [0.2, 0.25) is 5.02 Å². The van der Waals surface area contributed by atoms with E-state index in [1.807, 2.05) is 25.1 Å². The van der Waals surface area contributed by atoms with Gasteiger partial charge in [-0.15, -0.1) is 0 Å². The Morgan fingerprint density at radius 3 is 2.57 bits per heavy atom. The van der Waals surface area contributed by atoms with Crippen LogP contribution < -0.4 is 10.2 Å². The maximum absolute atomic E-state index is 12.6. The summed E-state index contributed by atoms with van der Waals surface area (Å²) < 4.78 is 0. The monoisotopic (exact) mass is 330 g/mol. The molecule has 0 aliphatic heterocycles. The van der Waals surface area contributed by atoms with E-state index >= 15 is 0 Å². The van der Waals surface area contributed by atoms with Crippen molar-refractivity contribution in [2.24, 2.45) is 0 Å². The Kier molecular flexibility index (Phi) is 4.95. The van der Waals surface area contributed by atoms with E-state index in [1.165, 1.54) is 0 Å². The van der Waals surface area contributed by atoms with Crippen molar-refractivity contribution in [3.05, 3.63) is 52.8 Å². The number of carbonyl (C=O) groups is 1. The molecule has 0 aliphatic carbocycles. The molecular weight excluding hydrogens is 310 g/mol. The topological polar surface area (TPSA) is 45.2 Å². The number of aromatic nitrogens is 1. The third-order valence-corrected chi connectivity index (χ3v) is 3.68. The fourth-order valence-corrected chi connectivity index (χ4v) is 2.28. The molecule has 2 aromatic rings. The van der Waals surface area contributed by atoms with Gasteiger partial charge in [-0.2, -0.15) is 0 Å². The Balaban J connectivity index is 2.30. The molecule has 0 unspecified atom stereocenters. The lowest BCUT2D eigenvalue weighted by molar-refractivity contribution is 0.102. The zero-order valence-corrected chi connectivity index (χ0v) is 14.8. The van der Waals surface area contributed by atoms with Gasteiger partial charge in [-0.25, -0.2) is 0 Å². The number of nitrogens with one attached hydrogen (secondary N) is 1. The highest BCUT2D eigenvalue weighted by Gasteiger charge is 2.17. The zero-order valence-electron chi connectivity index (χ0n) is 14.1. The van der Waals surface area contributed by atoms with E-state index in [0.29, 0.717) is 16.3 Å². The average Bonchev–Trinajstić information content (AvgIpc) is 2.46. The number of anilines is 2. The minimum absolute atomic E-state index is 0.0805. The molecule has 0 fully saturated rings.